The molecule has 0 radical (unpaired) electrons. The topological polar surface area (TPSA) is 107 Å². The summed E-state index contributed by atoms with van der Waals surface area (Å²) in [5.74, 6) is -2.26. The number of ketones is 1. The third-order valence-corrected chi connectivity index (χ3v) is 5.60. The Morgan fingerprint density at radius 1 is 1.19 bits per heavy atom. The summed E-state index contributed by atoms with van der Waals surface area (Å²) in [7, 11) is 0. The quantitative estimate of drug-likeness (QED) is 0.462. The number of anilines is 1. The first-order valence-electron chi connectivity index (χ1n) is 9.21. The molecule has 0 fully saturated rings. The highest BCUT2D eigenvalue weighted by atomic mass is 32.1. The number of hydrogen-bond acceptors (Lipinski definition) is 7. The number of ether oxygens (including phenoxy) is 1. The molecule has 2 heterocycles. The molecule has 0 saturated carbocycles. The lowest BCUT2D eigenvalue weighted by molar-refractivity contribution is 0.0527. The van der Waals surface area contributed by atoms with Crippen LogP contribution in [0.2, 0.25) is 0 Å². The molecule has 10 heteroatoms. The van der Waals surface area contributed by atoms with Crippen LogP contribution >= 0.6 is 11.3 Å². The molecule has 1 aromatic carbocycles. The molecule has 1 amide bonds. The van der Waals surface area contributed by atoms with Crippen molar-refractivity contribution in [2.45, 2.75) is 20.8 Å². The van der Waals surface area contributed by atoms with Crippen molar-refractivity contribution in [1.82, 2.24) is 9.78 Å². The summed E-state index contributed by atoms with van der Waals surface area (Å²) in [6.45, 7) is 4.67. The van der Waals surface area contributed by atoms with E-state index in [2.05, 4.69) is 10.4 Å². The zero-order valence-electron chi connectivity index (χ0n) is 16.9. The zero-order valence-corrected chi connectivity index (χ0v) is 17.7. The first-order chi connectivity index (χ1) is 14.7. The first-order valence-corrected chi connectivity index (χ1v) is 10.0. The molecule has 160 valence electrons. The molecule has 31 heavy (non-hydrogen) atoms. The van der Waals surface area contributed by atoms with Crippen LogP contribution in [0.5, 0.6) is 0 Å². The maximum atomic E-state index is 13.2. The van der Waals surface area contributed by atoms with Gasteiger partial charge in [-0.1, -0.05) is 0 Å². The Balaban J connectivity index is 2.00. The van der Waals surface area contributed by atoms with Gasteiger partial charge in [0.1, 0.15) is 10.8 Å². The number of hydrogen-bond donors (Lipinski definition) is 1. The predicted octanol–water partition coefficient (Wildman–Crippen LogP) is 3.37. The van der Waals surface area contributed by atoms with Gasteiger partial charge in [-0.05, 0) is 50.6 Å². The van der Waals surface area contributed by atoms with Gasteiger partial charge in [-0.3, -0.25) is 14.4 Å². The smallest absolute Gasteiger partial charge is 0.341 e. The first kappa shape index (κ1) is 22.0. The molecule has 0 aliphatic heterocycles. The Morgan fingerprint density at radius 2 is 1.87 bits per heavy atom. The molecule has 0 aliphatic carbocycles. The third kappa shape index (κ3) is 4.58. The van der Waals surface area contributed by atoms with Gasteiger partial charge in [-0.2, -0.15) is 5.10 Å². The Hall–Kier alpha value is -3.66. The SMILES string of the molecule is CCOC(=O)c1c(NC(=O)c2nn(-c3ccc(F)cc3)ccc2=O)sc(C(C)=O)c1C. The van der Waals surface area contributed by atoms with Gasteiger partial charge in [0.25, 0.3) is 5.91 Å². The van der Waals surface area contributed by atoms with Crippen molar-refractivity contribution in [2.75, 3.05) is 11.9 Å². The number of amides is 1. The minimum absolute atomic E-state index is 0.0557. The van der Waals surface area contributed by atoms with Gasteiger partial charge >= 0.3 is 5.97 Å². The van der Waals surface area contributed by atoms with Crippen LogP contribution < -0.4 is 10.7 Å². The van der Waals surface area contributed by atoms with Gasteiger partial charge in [0.2, 0.25) is 5.43 Å². The normalized spacial score (nSPS) is 10.6. The van der Waals surface area contributed by atoms with Gasteiger partial charge in [0.05, 0.1) is 22.7 Å². The van der Waals surface area contributed by atoms with E-state index in [4.69, 9.17) is 4.74 Å². The van der Waals surface area contributed by atoms with E-state index in [1.807, 2.05) is 0 Å². The number of thiophene rings is 1. The van der Waals surface area contributed by atoms with E-state index < -0.39 is 28.8 Å². The fraction of sp³-hybridized carbons (Fsp3) is 0.190. The fourth-order valence-electron chi connectivity index (χ4n) is 2.85. The number of aromatic nitrogens is 2. The van der Waals surface area contributed by atoms with E-state index in [1.165, 1.54) is 42.1 Å². The largest absolute Gasteiger partial charge is 0.462 e. The summed E-state index contributed by atoms with van der Waals surface area (Å²) in [6.07, 6.45) is 1.35. The molecular weight excluding hydrogens is 425 g/mol. The number of rotatable bonds is 6. The van der Waals surface area contributed by atoms with Crippen molar-refractivity contribution < 1.29 is 23.5 Å². The van der Waals surface area contributed by atoms with Crippen molar-refractivity contribution in [1.29, 1.82) is 0 Å². The molecule has 8 nitrogen and oxygen atoms in total. The highest BCUT2D eigenvalue weighted by Crippen LogP contribution is 2.34. The molecule has 0 aliphatic rings. The predicted molar refractivity (Wildman–Crippen MR) is 113 cm³/mol. The monoisotopic (exact) mass is 443 g/mol. The Bertz CT molecular complexity index is 1230. The van der Waals surface area contributed by atoms with Gasteiger partial charge in [-0.25, -0.2) is 13.9 Å². The number of nitrogens with one attached hydrogen (secondary N) is 1. The Morgan fingerprint density at radius 3 is 2.48 bits per heavy atom. The van der Waals surface area contributed by atoms with E-state index in [0.717, 1.165) is 17.4 Å². The summed E-state index contributed by atoms with van der Waals surface area (Å²) >= 11 is 0.919. The molecule has 0 spiro atoms. The molecule has 0 atom stereocenters. The van der Waals surface area contributed by atoms with Crippen molar-refractivity contribution in [3.63, 3.8) is 0 Å². The van der Waals surface area contributed by atoms with Crippen LogP contribution in [0.15, 0.2) is 41.3 Å². The second kappa shape index (κ2) is 9.00. The minimum atomic E-state index is -0.858. The Labute approximate surface area is 180 Å². The van der Waals surface area contributed by atoms with E-state index in [1.54, 1.807) is 13.8 Å². The lowest BCUT2D eigenvalue weighted by Gasteiger charge is -2.09. The third-order valence-electron chi connectivity index (χ3n) is 4.29. The molecule has 0 saturated heterocycles. The van der Waals surface area contributed by atoms with Crippen molar-refractivity contribution >= 4 is 34.0 Å². The summed E-state index contributed by atoms with van der Waals surface area (Å²) in [5, 5.41) is 6.62. The standard InChI is InChI=1S/C21H18FN3O5S/c1-4-30-21(29)16-11(2)18(12(3)26)31-20(16)23-19(28)17-15(27)9-10-25(24-17)14-7-5-13(22)6-8-14/h5-10H,4H2,1-3H3,(H,23,28). The van der Waals surface area contributed by atoms with Gasteiger partial charge in [-0.15, -0.1) is 11.3 Å². The number of Topliss-reactive ketones (excluding diaryl/α,β-unsaturated/α-hetero) is 1. The van der Waals surface area contributed by atoms with Crippen LogP contribution in [-0.4, -0.2) is 34.0 Å². The van der Waals surface area contributed by atoms with Crippen LogP contribution in [0.25, 0.3) is 5.69 Å². The molecule has 0 unspecified atom stereocenters. The molecule has 0 bridgehead atoms. The highest BCUT2D eigenvalue weighted by molar-refractivity contribution is 7.18. The maximum absolute atomic E-state index is 13.2. The van der Waals surface area contributed by atoms with Crippen molar-refractivity contribution in [2.24, 2.45) is 0 Å². The van der Waals surface area contributed by atoms with Crippen LogP contribution in [-0.2, 0) is 4.74 Å². The second-order valence-electron chi connectivity index (χ2n) is 6.44. The van der Waals surface area contributed by atoms with Crippen molar-refractivity contribution in [3.05, 3.63) is 74.3 Å². The average molecular weight is 443 g/mol. The van der Waals surface area contributed by atoms with Gasteiger partial charge in [0.15, 0.2) is 11.5 Å². The molecule has 2 aromatic heterocycles. The summed E-state index contributed by atoms with van der Waals surface area (Å²) in [6, 6.07) is 6.47. The maximum Gasteiger partial charge on any atom is 0.341 e. The molecule has 1 N–H and O–H groups in total. The minimum Gasteiger partial charge on any atom is -0.462 e. The summed E-state index contributed by atoms with van der Waals surface area (Å²) in [5.41, 5.74) is -0.199. The van der Waals surface area contributed by atoms with Crippen LogP contribution in [0, 0.1) is 12.7 Å². The summed E-state index contributed by atoms with van der Waals surface area (Å²) in [4.78, 5) is 49.6. The molecule has 3 aromatic rings. The number of halogens is 1. The summed E-state index contributed by atoms with van der Waals surface area (Å²) < 4.78 is 19.4. The fourth-order valence-corrected chi connectivity index (χ4v) is 3.94. The zero-order chi connectivity index (χ0) is 22.7. The van der Waals surface area contributed by atoms with Crippen LogP contribution in [0.3, 0.4) is 0 Å². The van der Waals surface area contributed by atoms with Crippen LogP contribution in [0.4, 0.5) is 9.39 Å². The van der Waals surface area contributed by atoms with Gasteiger partial charge in [0, 0.05) is 12.3 Å². The Kier molecular flexibility index (Phi) is 6.40. The number of esters is 1. The number of carbonyl (C=O) groups is 3. The molecular formula is C21H18FN3O5S. The molecule has 3 rings (SSSR count). The van der Waals surface area contributed by atoms with E-state index in [-0.39, 0.29) is 23.0 Å². The van der Waals surface area contributed by atoms with E-state index in [9.17, 15) is 23.6 Å². The second-order valence-corrected chi connectivity index (χ2v) is 7.46. The number of nitrogens with zero attached hydrogens (tertiary/aromatic N) is 2. The van der Waals surface area contributed by atoms with Crippen LogP contribution in [0.1, 0.15) is 49.9 Å². The van der Waals surface area contributed by atoms with Gasteiger partial charge < -0.3 is 10.1 Å². The lowest BCUT2D eigenvalue weighted by atomic mass is 10.1. The average Bonchev–Trinajstić information content (AvgIpc) is 3.05. The number of benzene rings is 1. The van der Waals surface area contributed by atoms with E-state index in [0.29, 0.717) is 16.1 Å². The lowest BCUT2D eigenvalue weighted by Crippen LogP contribution is -2.25. The number of carbonyl (C=O) groups excluding carboxylic acids is 3. The van der Waals surface area contributed by atoms with E-state index >= 15 is 0 Å². The van der Waals surface area contributed by atoms with Crippen molar-refractivity contribution in [3.8, 4) is 5.69 Å². The highest BCUT2D eigenvalue weighted by Gasteiger charge is 2.26.